The number of alkyl halides is 2. The molecule has 23 heavy (non-hydrogen) atoms. The van der Waals surface area contributed by atoms with Gasteiger partial charge in [0.05, 0.1) is 15.9 Å². The van der Waals surface area contributed by atoms with E-state index in [-0.39, 0.29) is 24.1 Å². The molecule has 3 rings (SSSR count). The molecule has 124 valence electrons. The first-order valence-corrected chi connectivity index (χ1v) is 8.76. The maximum absolute atomic E-state index is 13.0. The van der Waals surface area contributed by atoms with Crippen molar-refractivity contribution in [2.24, 2.45) is 0 Å². The standard InChI is InChI=1S/C14H15BrF2N4OS/c1-6-7(2)23-14(18-6)19-9(22)5-21-12(8-3-4-8)10(15)11(20-21)13(16)17/h8,13H,3-5H2,1-2H3,(H,18,19,22). The lowest BCUT2D eigenvalue weighted by Crippen LogP contribution is -2.20. The number of thiazole rings is 1. The van der Waals surface area contributed by atoms with Crippen LogP contribution in [0, 0.1) is 13.8 Å². The van der Waals surface area contributed by atoms with Gasteiger partial charge >= 0.3 is 0 Å². The van der Waals surface area contributed by atoms with E-state index in [0.29, 0.717) is 15.3 Å². The van der Waals surface area contributed by atoms with Crippen LogP contribution in [-0.2, 0) is 11.3 Å². The number of carbonyl (C=O) groups is 1. The Bertz CT molecular complexity index is 735. The highest BCUT2D eigenvalue weighted by Gasteiger charge is 2.34. The second-order valence-corrected chi connectivity index (χ2v) is 7.52. The number of hydrogen-bond donors (Lipinski definition) is 1. The average molecular weight is 405 g/mol. The molecule has 0 radical (unpaired) electrons. The predicted octanol–water partition coefficient (Wildman–Crippen LogP) is 4.17. The Balaban J connectivity index is 1.79. The molecule has 5 nitrogen and oxygen atoms in total. The molecule has 2 aromatic heterocycles. The Morgan fingerprint density at radius 3 is 2.70 bits per heavy atom. The third kappa shape index (κ3) is 3.45. The lowest BCUT2D eigenvalue weighted by molar-refractivity contribution is -0.117. The molecule has 0 aliphatic heterocycles. The second kappa shape index (κ2) is 6.27. The summed E-state index contributed by atoms with van der Waals surface area (Å²) >= 11 is 4.59. The van der Waals surface area contributed by atoms with E-state index in [2.05, 4.69) is 31.3 Å². The van der Waals surface area contributed by atoms with E-state index in [9.17, 15) is 13.6 Å². The van der Waals surface area contributed by atoms with Crippen LogP contribution < -0.4 is 5.32 Å². The van der Waals surface area contributed by atoms with Gasteiger partial charge in [0.1, 0.15) is 12.2 Å². The minimum absolute atomic E-state index is 0.102. The third-order valence-electron chi connectivity index (χ3n) is 3.70. The van der Waals surface area contributed by atoms with E-state index in [1.54, 1.807) is 0 Å². The lowest BCUT2D eigenvalue weighted by Gasteiger charge is -2.06. The summed E-state index contributed by atoms with van der Waals surface area (Å²) in [4.78, 5) is 17.4. The number of carbonyl (C=O) groups excluding carboxylic acids is 1. The van der Waals surface area contributed by atoms with Gasteiger partial charge in [-0.2, -0.15) is 5.10 Å². The Labute approximate surface area is 144 Å². The highest BCUT2D eigenvalue weighted by Crippen LogP contribution is 2.45. The number of nitrogens with zero attached hydrogens (tertiary/aromatic N) is 3. The molecule has 1 saturated carbocycles. The van der Waals surface area contributed by atoms with Gasteiger partial charge in [-0.1, -0.05) is 0 Å². The van der Waals surface area contributed by atoms with Gasteiger partial charge in [-0.15, -0.1) is 11.3 Å². The van der Waals surface area contributed by atoms with Crippen molar-refractivity contribution < 1.29 is 13.6 Å². The zero-order valence-corrected chi connectivity index (χ0v) is 15.0. The zero-order chi connectivity index (χ0) is 16.7. The molecule has 1 amide bonds. The molecule has 9 heteroatoms. The SMILES string of the molecule is Cc1nc(NC(=O)Cn2nc(C(F)F)c(Br)c2C2CC2)sc1C. The van der Waals surface area contributed by atoms with Crippen molar-refractivity contribution in [2.75, 3.05) is 5.32 Å². The van der Waals surface area contributed by atoms with Crippen LogP contribution in [0.25, 0.3) is 0 Å². The van der Waals surface area contributed by atoms with Crippen molar-refractivity contribution in [2.45, 2.75) is 45.6 Å². The summed E-state index contributed by atoms with van der Waals surface area (Å²) in [6, 6.07) is 0. The summed E-state index contributed by atoms with van der Waals surface area (Å²) in [7, 11) is 0. The number of hydrogen-bond acceptors (Lipinski definition) is 4. The van der Waals surface area contributed by atoms with Crippen LogP contribution in [0.4, 0.5) is 13.9 Å². The van der Waals surface area contributed by atoms with Crippen LogP contribution in [0.15, 0.2) is 4.47 Å². The van der Waals surface area contributed by atoms with Gasteiger partial charge in [-0.05, 0) is 42.6 Å². The molecule has 0 saturated heterocycles. The van der Waals surface area contributed by atoms with E-state index in [0.717, 1.165) is 23.4 Å². The van der Waals surface area contributed by atoms with Gasteiger partial charge in [-0.25, -0.2) is 13.8 Å². The summed E-state index contributed by atoms with van der Waals surface area (Å²) in [5.41, 5.74) is 1.24. The smallest absolute Gasteiger partial charge is 0.283 e. The molecule has 1 aliphatic rings. The van der Waals surface area contributed by atoms with Crippen molar-refractivity contribution in [3.05, 3.63) is 26.4 Å². The summed E-state index contributed by atoms with van der Waals surface area (Å²) in [6.45, 7) is 3.69. The second-order valence-electron chi connectivity index (χ2n) is 5.53. The van der Waals surface area contributed by atoms with Crippen LogP contribution in [0.3, 0.4) is 0 Å². The fourth-order valence-corrected chi connectivity index (χ4v) is 3.91. The molecule has 0 spiro atoms. The molecule has 1 fully saturated rings. The van der Waals surface area contributed by atoms with E-state index in [1.807, 2.05) is 13.8 Å². The monoisotopic (exact) mass is 404 g/mol. The third-order valence-corrected chi connectivity index (χ3v) is 5.50. The number of amides is 1. The number of anilines is 1. The molecule has 1 N–H and O–H groups in total. The van der Waals surface area contributed by atoms with Gasteiger partial charge in [0.25, 0.3) is 6.43 Å². The van der Waals surface area contributed by atoms with E-state index in [1.165, 1.54) is 16.0 Å². The van der Waals surface area contributed by atoms with Crippen LogP contribution >= 0.6 is 27.3 Å². The first-order valence-electron chi connectivity index (χ1n) is 7.15. The maximum atomic E-state index is 13.0. The van der Waals surface area contributed by atoms with Gasteiger partial charge in [0.2, 0.25) is 5.91 Å². The zero-order valence-electron chi connectivity index (χ0n) is 12.6. The highest BCUT2D eigenvalue weighted by molar-refractivity contribution is 9.10. The van der Waals surface area contributed by atoms with Gasteiger partial charge in [-0.3, -0.25) is 9.48 Å². The summed E-state index contributed by atoms with van der Waals surface area (Å²) in [6.07, 6.45) is -0.811. The molecule has 2 aromatic rings. The number of aryl methyl sites for hydroxylation is 2. The number of halogens is 3. The highest BCUT2D eigenvalue weighted by atomic mass is 79.9. The van der Waals surface area contributed by atoms with Crippen molar-refractivity contribution in [1.82, 2.24) is 14.8 Å². The van der Waals surface area contributed by atoms with E-state index >= 15 is 0 Å². The largest absolute Gasteiger partial charge is 0.300 e. The summed E-state index contributed by atoms with van der Waals surface area (Å²) < 4.78 is 27.7. The molecule has 2 heterocycles. The number of rotatable bonds is 5. The van der Waals surface area contributed by atoms with Gasteiger partial charge in [0, 0.05) is 10.8 Å². The van der Waals surface area contributed by atoms with Crippen molar-refractivity contribution in [3.63, 3.8) is 0 Å². The van der Waals surface area contributed by atoms with Crippen LogP contribution in [-0.4, -0.2) is 20.7 Å². The Morgan fingerprint density at radius 1 is 1.48 bits per heavy atom. The predicted molar refractivity (Wildman–Crippen MR) is 87.1 cm³/mol. The molecule has 1 aliphatic carbocycles. The maximum Gasteiger partial charge on any atom is 0.283 e. The van der Waals surface area contributed by atoms with Crippen LogP contribution in [0.1, 0.15) is 47.1 Å². The Kier molecular flexibility index (Phi) is 4.50. The topological polar surface area (TPSA) is 59.8 Å². The van der Waals surface area contributed by atoms with Crippen molar-refractivity contribution in [3.8, 4) is 0 Å². The van der Waals surface area contributed by atoms with Crippen LogP contribution in [0.2, 0.25) is 0 Å². The minimum atomic E-state index is -2.67. The molecular weight excluding hydrogens is 390 g/mol. The van der Waals surface area contributed by atoms with Crippen molar-refractivity contribution in [1.29, 1.82) is 0 Å². The molecule has 0 aromatic carbocycles. The fourth-order valence-electron chi connectivity index (χ4n) is 2.30. The Hall–Kier alpha value is -1.35. The summed E-state index contributed by atoms with van der Waals surface area (Å²) in [5.74, 6) is -0.127. The quantitative estimate of drug-likeness (QED) is 0.812. The average Bonchev–Trinajstić information content (AvgIpc) is 3.16. The van der Waals surface area contributed by atoms with E-state index in [4.69, 9.17) is 0 Å². The number of nitrogens with one attached hydrogen (secondary N) is 1. The van der Waals surface area contributed by atoms with Gasteiger partial charge < -0.3 is 5.32 Å². The molecule has 0 bridgehead atoms. The first kappa shape index (κ1) is 16.5. The normalized spacial score (nSPS) is 14.5. The lowest BCUT2D eigenvalue weighted by atomic mass is 10.2. The van der Waals surface area contributed by atoms with Crippen LogP contribution in [0.5, 0.6) is 0 Å². The van der Waals surface area contributed by atoms with E-state index < -0.39 is 6.43 Å². The number of aromatic nitrogens is 3. The Morgan fingerprint density at radius 2 is 2.17 bits per heavy atom. The molecular formula is C14H15BrF2N4OS. The summed E-state index contributed by atoms with van der Waals surface area (Å²) in [5, 5.41) is 7.13. The fraction of sp³-hybridized carbons (Fsp3) is 0.500. The van der Waals surface area contributed by atoms with Gasteiger partial charge in [0.15, 0.2) is 5.13 Å². The molecule has 0 unspecified atom stereocenters. The van der Waals surface area contributed by atoms with Crippen molar-refractivity contribution >= 4 is 38.3 Å². The first-order chi connectivity index (χ1) is 10.9. The minimum Gasteiger partial charge on any atom is -0.300 e. The molecule has 0 atom stereocenters.